The molecule has 0 spiro atoms. The van der Waals surface area contributed by atoms with Crippen LogP contribution in [-0.2, 0) is 9.57 Å². The third-order valence-corrected chi connectivity index (χ3v) is 3.82. The van der Waals surface area contributed by atoms with Crippen molar-refractivity contribution in [3.05, 3.63) is 71.5 Å². The van der Waals surface area contributed by atoms with Gasteiger partial charge < -0.3 is 20.6 Å². The number of nitrogen functional groups attached to an aromatic ring is 1. The lowest BCUT2D eigenvalue weighted by atomic mass is 10.1. The van der Waals surface area contributed by atoms with Gasteiger partial charge in [0.15, 0.2) is 11.9 Å². The molecule has 1 aromatic heterocycles. The zero-order valence-electron chi connectivity index (χ0n) is 15.9. The first kappa shape index (κ1) is 19.7. The average molecular weight is 392 g/mol. The molecule has 0 radical (unpaired) electrons. The second-order valence-electron chi connectivity index (χ2n) is 5.96. The molecular formula is C20H20N6O3. The van der Waals surface area contributed by atoms with Crippen molar-refractivity contribution in [1.82, 2.24) is 15.0 Å². The highest BCUT2D eigenvalue weighted by molar-refractivity contribution is 5.90. The number of benzene rings is 2. The summed E-state index contributed by atoms with van der Waals surface area (Å²) in [6.07, 6.45) is 0.966. The van der Waals surface area contributed by atoms with E-state index >= 15 is 0 Å². The van der Waals surface area contributed by atoms with E-state index in [0.717, 1.165) is 11.3 Å². The number of aromatic nitrogens is 3. The van der Waals surface area contributed by atoms with Crippen molar-refractivity contribution in [2.24, 2.45) is 5.16 Å². The highest BCUT2D eigenvalue weighted by Gasteiger charge is 2.13. The summed E-state index contributed by atoms with van der Waals surface area (Å²) in [5.41, 5.74) is 7.82. The monoisotopic (exact) mass is 392 g/mol. The van der Waals surface area contributed by atoms with E-state index in [0.29, 0.717) is 17.3 Å². The van der Waals surface area contributed by atoms with Crippen LogP contribution in [0.2, 0.25) is 0 Å². The lowest BCUT2D eigenvalue weighted by molar-refractivity contribution is 0.0600. The van der Waals surface area contributed by atoms with Crippen LogP contribution in [0, 0.1) is 0 Å². The largest absolute Gasteiger partial charge is 0.465 e. The standard InChI is InChI=1S/C20H20N6O3/c1-13(29-22-12-14-8-10-15(11-9-14)18(27)28-2)17-24-19(21)26-20(25-17)23-16-6-4-3-5-7-16/h3-13H,1-2H3,(H3,21,23,24,25,26)/b22-12+. The number of nitrogens with zero attached hydrogens (tertiary/aromatic N) is 4. The van der Waals surface area contributed by atoms with E-state index in [4.69, 9.17) is 10.6 Å². The SMILES string of the molecule is COC(=O)c1ccc(/C=N/OC(C)c2nc(N)nc(Nc3ccccc3)n2)cc1. The molecule has 29 heavy (non-hydrogen) atoms. The Labute approximate surface area is 167 Å². The van der Waals surface area contributed by atoms with Crippen molar-refractivity contribution >= 4 is 29.8 Å². The lowest BCUT2D eigenvalue weighted by Gasteiger charge is -2.11. The zero-order valence-corrected chi connectivity index (χ0v) is 15.9. The predicted molar refractivity (Wildman–Crippen MR) is 109 cm³/mol. The number of rotatable bonds is 7. The van der Waals surface area contributed by atoms with Gasteiger partial charge in [-0.2, -0.15) is 15.0 Å². The van der Waals surface area contributed by atoms with Crippen molar-refractivity contribution in [1.29, 1.82) is 0 Å². The maximum atomic E-state index is 11.4. The molecule has 148 valence electrons. The maximum Gasteiger partial charge on any atom is 0.337 e. The zero-order chi connectivity index (χ0) is 20.6. The van der Waals surface area contributed by atoms with E-state index in [9.17, 15) is 4.79 Å². The Hall–Kier alpha value is -4.01. The van der Waals surface area contributed by atoms with E-state index in [2.05, 4.69) is 30.2 Å². The van der Waals surface area contributed by atoms with Crippen LogP contribution in [0.5, 0.6) is 0 Å². The number of oxime groups is 1. The molecular weight excluding hydrogens is 372 g/mol. The van der Waals surface area contributed by atoms with Gasteiger partial charge in [0.1, 0.15) is 0 Å². The molecule has 9 heteroatoms. The molecule has 0 fully saturated rings. The Bertz CT molecular complexity index is 993. The van der Waals surface area contributed by atoms with Crippen molar-refractivity contribution in [3.8, 4) is 0 Å². The number of anilines is 3. The molecule has 1 atom stereocenters. The van der Waals surface area contributed by atoms with Crippen LogP contribution in [0.4, 0.5) is 17.6 Å². The fourth-order valence-corrected chi connectivity index (χ4v) is 2.35. The van der Waals surface area contributed by atoms with Gasteiger partial charge in [0, 0.05) is 5.69 Å². The van der Waals surface area contributed by atoms with Gasteiger partial charge in [-0.25, -0.2) is 4.79 Å². The predicted octanol–water partition coefficient (Wildman–Crippen LogP) is 3.10. The molecule has 0 amide bonds. The summed E-state index contributed by atoms with van der Waals surface area (Å²) in [6.45, 7) is 1.75. The summed E-state index contributed by atoms with van der Waals surface area (Å²) in [4.78, 5) is 29.4. The minimum atomic E-state index is -0.554. The van der Waals surface area contributed by atoms with Crippen LogP contribution in [0.15, 0.2) is 59.8 Å². The summed E-state index contributed by atoms with van der Waals surface area (Å²) >= 11 is 0. The number of nitrogens with one attached hydrogen (secondary N) is 1. The van der Waals surface area contributed by atoms with Crippen LogP contribution >= 0.6 is 0 Å². The number of ether oxygens (including phenoxy) is 1. The van der Waals surface area contributed by atoms with Crippen molar-refractivity contribution < 1.29 is 14.4 Å². The molecule has 0 aliphatic carbocycles. The van der Waals surface area contributed by atoms with Crippen LogP contribution in [0.1, 0.15) is 34.8 Å². The summed E-state index contributed by atoms with van der Waals surface area (Å²) < 4.78 is 4.66. The number of esters is 1. The smallest absolute Gasteiger partial charge is 0.337 e. The van der Waals surface area contributed by atoms with E-state index in [1.54, 1.807) is 31.2 Å². The minimum absolute atomic E-state index is 0.0752. The van der Waals surface area contributed by atoms with Crippen molar-refractivity contribution in [3.63, 3.8) is 0 Å². The lowest BCUT2D eigenvalue weighted by Crippen LogP contribution is -2.10. The number of hydrogen-bond donors (Lipinski definition) is 2. The number of nitrogens with two attached hydrogens (primary N) is 1. The van der Waals surface area contributed by atoms with Gasteiger partial charge in [0.25, 0.3) is 0 Å². The number of carbonyl (C=O) groups is 1. The van der Waals surface area contributed by atoms with Crippen LogP contribution < -0.4 is 11.1 Å². The van der Waals surface area contributed by atoms with E-state index in [1.807, 2.05) is 30.3 Å². The van der Waals surface area contributed by atoms with Crippen molar-refractivity contribution in [2.75, 3.05) is 18.2 Å². The topological polar surface area (TPSA) is 125 Å². The Morgan fingerprint density at radius 1 is 1.10 bits per heavy atom. The number of methoxy groups -OCH3 is 1. The molecule has 9 nitrogen and oxygen atoms in total. The van der Waals surface area contributed by atoms with Gasteiger partial charge in [-0.1, -0.05) is 35.5 Å². The van der Waals surface area contributed by atoms with Gasteiger partial charge in [0.2, 0.25) is 11.9 Å². The normalized spacial score (nSPS) is 11.8. The summed E-state index contributed by atoms with van der Waals surface area (Å²) in [5, 5.41) is 7.02. The quantitative estimate of drug-likeness (QED) is 0.357. The summed E-state index contributed by atoms with van der Waals surface area (Å²) in [7, 11) is 1.33. The highest BCUT2D eigenvalue weighted by atomic mass is 16.6. The van der Waals surface area contributed by atoms with E-state index < -0.39 is 12.1 Å². The molecule has 2 aromatic carbocycles. The summed E-state index contributed by atoms with van der Waals surface area (Å²) in [5.74, 6) is 0.336. The Kier molecular flexibility index (Phi) is 6.31. The second-order valence-corrected chi connectivity index (χ2v) is 5.96. The van der Waals surface area contributed by atoms with Crippen LogP contribution in [0.3, 0.4) is 0 Å². The third-order valence-electron chi connectivity index (χ3n) is 3.82. The fraction of sp³-hybridized carbons (Fsp3) is 0.150. The average Bonchev–Trinajstić information content (AvgIpc) is 2.74. The molecule has 0 aliphatic heterocycles. The molecule has 1 heterocycles. The van der Waals surface area contributed by atoms with Gasteiger partial charge in [-0.15, -0.1) is 0 Å². The highest BCUT2D eigenvalue weighted by Crippen LogP contribution is 2.18. The minimum Gasteiger partial charge on any atom is -0.465 e. The molecule has 1 unspecified atom stereocenters. The van der Waals surface area contributed by atoms with E-state index in [1.165, 1.54) is 13.3 Å². The Balaban J connectivity index is 1.65. The van der Waals surface area contributed by atoms with Gasteiger partial charge in [-0.3, -0.25) is 0 Å². The van der Waals surface area contributed by atoms with Gasteiger partial charge in [-0.05, 0) is 36.8 Å². The van der Waals surface area contributed by atoms with Crippen LogP contribution in [-0.4, -0.2) is 34.2 Å². The molecule has 3 N–H and O–H groups in total. The maximum absolute atomic E-state index is 11.4. The fourth-order valence-electron chi connectivity index (χ4n) is 2.35. The van der Waals surface area contributed by atoms with Gasteiger partial charge >= 0.3 is 5.97 Å². The number of carbonyl (C=O) groups excluding carboxylic acids is 1. The Morgan fingerprint density at radius 3 is 2.52 bits per heavy atom. The third kappa shape index (κ3) is 5.48. The van der Waals surface area contributed by atoms with Crippen LogP contribution in [0.25, 0.3) is 0 Å². The molecule has 0 saturated heterocycles. The second kappa shape index (κ2) is 9.27. The van der Waals surface area contributed by atoms with Crippen molar-refractivity contribution in [2.45, 2.75) is 13.0 Å². The molecule has 0 saturated carbocycles. The van der Waals surface area contributed by atoms with Gasteiger partial charge in [0.05, 0.1) is 18.9 Å². The number of hydrogen-bond acceptors (Lipinski definition) is 9. The first-order valence-corrected chi connectivity index (χ1v) is 8.76. The van der Waals surface area contributed by atoms with E-state index in [-0.39, 0.29) is 5.95 Å². The first-order chi connectivity index (χ1) is 14.0. The molecule has 0 aliphatic rings. The Morgan fingerprint density at radius 2 is 1.83 bits per heavy atom. The molecule has 3 aromatic rings. The molecule has 3 rings (SSSR count). The first-order valence-electron chi connectivity index (χ1n) is 8.76. The number of para-hydroxylation sites is 1. The summed E-state index contributed by atoms with van der Waals surface area (Å²) in [6, 6.07) is 16.2. The molecule has 0 bridgehead atoms.